The minimum Gasteiger partial charge on any atom is -0.423 e. The van der Waals surface area contributed by atoms with Crippen molar-refractivity contribution in [3.63, 3.8) is 0 Å². The van der Waals surface area contributed by atoms with Gasteiger partial charge in [0.05, 0.1) is 10.7 Å². The summed E-state index contributed by atoms with van der Waals surface area (Å²) in [5.41, 5.74) is 2.24. The quantitative estimate of drug-likeness (QED) is 0.747. The molecule has 0 aromatic carbocycles. The summed E-state index contributed by atoms with van der Waals surface area (Å²) in [6.45, 7) is 1.79. The van der Waals surface area contributed by atoms with Gasteiger partial charge in [0.1, 0.15) is 0 Å². The third-order valence-corrected chi connectivity index (χ3v) is 4.31. The SMILES string of the molecule is Cc1nc(C23CC(C2)C3)c(Cl)cc1B(O)O. The Balaban J connectivity index is 2.04. The second kappa shape index (κ2) is 3.22. The van der Waals surface area contributed by atoms with E-state index >= 15 is 0 Å². The predicted molar refractivity (Wildman–Crippen MR) is 62.8 cm³/mol. The smallest absolute Gasteiger partial charge is 0.423 e. The largest absolute Gasteiger partial charge is 0.490 e. The van der Waals surface area contributed by atoms with Gasteiger partial charge in [-0.15, -0.1) is 0 Å². The van der Waals surface area contributed by atoms with Gasteiger partial charge in [-0.2, -0.15) is 0 Å². The maximum atomic E-state index is 9.16. The Hall–Kier alpha value is -0.575. The topological polar surface area (TPSA) is 53.4 Å². The van der Waals surface area contributed by atoms with Crippen LogP contribution in [0.3, 0.4) is 0 Å². The number of aromatic nitrogens is 1. The van der Waals surface area contributed by atoms with Crippen molar-refractivity contribution in [3.8, 4) is 0 Å². The van der Waals surface area contributed by atoms with Gasteiger partial charge in [0.25, 0.3) is 0 Å². The molecule has 3 saturated carbocycles. The van der Waals surface area contributed by atoms with Gasteiger partial charge in [0, 0.05) is 16.6 Å². The first-order valence-electron chi connectivity index (χ1n) is 5.55. The first kappa shape index (κ1) is 10.6. The van der Waals surface area contributed by atoms with Gasteiger partial charge >= 0.3 is 7.12 Å². The molecule has 0 aliphatic heterocycles. The first-order valence-corrected chi connectivity index (χ1v) is 5.93. The van der Waals surface area contributed by atoms with Crippen molar-refractivity contribution in [1.82, 2.24) is 4.98 Å². The Kier molecular flexibility index (Phi) is 2.13. The van der Waals surface area contributed by atoms with E-state index in [1.165, 1.54) is 19.3 Å². The molecule has 3 aliphatic carbocycles. The van der Waals surface area contributed by atoms with Crippen LogP contribution in [0.2, 0.25) is 5.02 Å². The van der Waals surface area contributed by atoms with Crippen molar-refractivity contribution in [3.05, 3.63) is 22.5 Å². The fourth-order valence-electron chi connectivity index (χ4n) is 3.00. The molecule has 0 saturated heterocycles. The molecule has 0 atom stereocenters. The fourth-order valence-corrected chi connectivity index (χ4v) is 3.36. The van der Waals surface area contributed by atoms with E-state index in [0.717, 1.165) is 11.6 Å². The van der Waals surface area contributed by atoms with Gasteiger partial charge in [-0.1, -0.05) is 11.6 Å². The maximum Gasteiger partial charge on any atom is 0.490 e. The summed E-state index contributed by atoms with van der Waals surface area (Å²) in [7, 11) is -1.49. The van der Waals surface area contributed by atoms with Gasteiger partial charge in [-0.25, -0.2) is 0 Å². The lowest BCUT2D eigenvalue weighted by molar-refractivity contribution is -0.0308. The molecule has 2 N–H and O–H groups in total. The van der Waals surface area contributed by atoms with Gasteiger partial charge in [-0.3, -0.25) is 4.98 Å². The lowest BCUT2D eigenvalue weighted by atomic mass is 9.43. The molecule has 16 heavy (non-hydrogen) atoms. The maximum absolute atomic E-state index is 9.16. The summed E-state index contributed by atoms with van der Waals surface area (Å²) in [6.07, 6.45) is 3.58. The van der Waals surface area contributed by atoms with Crippen LogP contribution in [0, 0.1) is 12.8 Å². The molecule has 1 aromatic heterocycles. The third-order valence-electron chi connectivity index (χ3n) is 4.02. The van der Waals surface area contributed by atoms with Crippen molar-refractivity contribution < 1.29 is 10.0 Å². The van der Waals surface area contributed by atoms with E-state index in [1.807, 2.05) is 0 Å². The fraction of sp³-hybridized carbons (Fsp3) is 0.545. The van der Waals surface area contributed by atoms with Crippen molar-refractivity contribution >= 4 is 24.2 Å². The normalized spacial score (nSPS) is 30.6. The highest BCUT2D eigenvalue weighted by molar-refractivity contribution is 6.59. The van der Waals surface area contributed by atoms with Crippen LogP contribution in [0.15, 0.2) is 6.07 Å². The summed E-state index contributed by atoms with van der Waals surface area (Å²) in [6, 6.07) is 1.64. The lowest BCUT2D eigenvalue weighted by Crippen LogP contribution is -2.56. The number of hydrogen-bond acceptors (Lipinski definition) is 3. The van der Waals surface area contributed by atoms with E-state index in [4.69, 9.17) is 21.6 Å². The van der Waals surface area contributed by atoms with Crippen molar-refractivity contribution in [2.45, 2.75) is 31.6 Å². The lowest BCUT2D eigenvalue weighted by Gasteiger charge is -2.61. The molecule has 0 unspecified atom stereocenters. The highest BCUT2D eigenvalue weighted by Crippen LogP contribution is 2.65. The Morgan fingerprint density at radius 3 is 2.50 bits per heavy atom. The molecule has 84 valence electrons. The third kappa shape index (κ3) is 1.27. The molecule has 2 bridgehead atoms. The molecule has 3 nitrogen and oxygen atoms in total. The number of pyridine rings is 1. The number of aryl methyl sites for hydroxylation is 1. The number of halogens is 1. The summed E-state index contributed by atoms with van der Waals surface area (Å²) >= 11 is 6.18. The molecule has 4 rings (SSSR count). The van der Waals surface area contributed by atoms with E-state index in [-0.39, 0.29) is 5.41 Å². The van der Waals surface area contributed by atoms with Crippen LogP contribution in [0.1, 0.15) is 30.7 Å². The Bertz CT molecular complexity index is 447. The van der Waals surface area contributed by atoms with Gasteiger partial charge in [0.15, 0.2) is 0 Å². The van der Waals surface area contributed by atoms with Crippen LogP contribution < -0.4 is 5.46 Å². The molecule has 0 radical (unpaired) electrons. The zero-order valence-electron chi connectivity index (χ0n) is 9.07. The summed E-state index contributed by atoms with van der Waals surface area (Å²) in [5, 5.41) is 18.9. The van der Waals surface area contributed by atoms with E-state index in [1.54, 1.807) is 13.0 Å². The van der Waals surface area contributed by atoms with E-state index in [2.05, 4.69) is 4.98 Å². The second-order valence-corrected chi connectivity index (χ2v) is 5.53. The number of hydrogen-bond donors (Lipinski definition) is 2. The average Bonchev–Trinajstić information content (AvgIpc) is 2.04. The molecule has 5 heteroatoms. The van der Waals surface area contributed by atoms with E-state index < -0.39 is 7.12 Å². The number of rotatable bonds is 2. The van der Waals surface area contributed by atoms with E-state index in [0.29, 0.717) is 16.2 Å². The van der Waals surface area contributed by atoms with Crippen LogP contribution in [0.4, 0.5) is 0 Å². The van der Waals surface area contributed by atoms with Crippen LogP contribution in [0.25, 0.3) is 0 Å². The highest BCUT2D eigenvalue weighted by atomic mass is 35.5. The monoisotopic (exact) mass is 237 g/mol. The zero-order valence-corrected chi connectivity index (χ0v) is 9.83. The molecule has 0 spiro atoms. The van der Waals surface area contributed by atoms with Crippen LogP contribution in [-0.2, 0) is 5.41 Å². The Morgan fingerprint density at radius 2 is 2.06 bits per heavy atom. The Morgan fingerprint density at radius 1 is 1.44 bits per heavy atom. The molecule has 1 heterocycles. The first-order chi connectivity index (χ1) is 7.52. The van der Waals surface area contributed by atoms with Crippen molar-refractivity contribution in [1.29, 1.82) is 0 Å². The summed E-state index contributed by atoms with van der Waals surface area (Å²) in [5.74, 6) is 0.876. The second-order valence-electron chi connectivity index (χ2n) is 5.13. The summed E-state index contributed by atoms with van der Waals surface area (Å²) < 4.78 is 0. The molecule has 3 aliphatic rings. The average molecular weight is 237 g/mol. The molecular weight excluding hydrogens is 224 g/mol. The minimum absolute atomic E-state index is 0.214. The number of nitrogens with zero attached hydrogens (tertiary/aromatic N) is 1. The molecule has 1 aromatic rings. The highest BCUT2D eigenvalue weighted by Gasteiger charge is 2.59. The Labute approximate surface area is 99.6 Å². The minimum atomic E-state index is -1.49. The van der Waals surface area contributed by atoms with E-state index in [9.17, 15) is 0 Å². The molecular formula is C11H13BClNO2. The van der Waals surface area contributed by atoms with Gasteiger partial charge in [-0.05, 0) is 38.2 Å². The van der Waals surface area contributed by atoms with Gasteiger partial charge in [0.2, 0.25) is 0 Å². The molecule has 0 amide bonds. The summed E-state index contributed by atoms with van der Waals surface area (Å²) in [4.78, 5) is 4.47. The van der Waals surface area contributed by atoms with Crippen LogP contribution >= 0.6 is 11.6 Å². The predicted octanol–water partition coefficient (Wildman–Crippen LogP) is 0.775. The van der Waals surface area contributed by atoms with Crippen molar-refractivity contribution in [2.24, 2.45) is 5.92 Å². The van der Waals surface area contributed by atoms with Crippen LogP contribution in [0.5, 0.6) is 0 Å². The van der Waals surface area contributed by atoms with Crippen molar-refractivity contribution in [2.75, 3.05) is 0 Å². The van der Waals surface area contributed by atoms with Crippen LogP contribution in [-0.4, -0.2) is 22.2 Å². The standard InChI is InChI=1S/C11H13BClNO2/c1-6-8(12(15)16)2-9(13)10(14-6)11-3-7(4-11)5-11/h2,7,15-16H,3-5H2,1H3. The molecule has 3 fully saturated rings. The zero-order chi connectivity index (χ0) is 11.5. The van der Waals surface area contributed by atoms with Gasteiger partial charge < -0.3 is 10.0 Å².